The minimum Gasteiger partial charge on any atom is -0.293 e. The van der Waals surface area contributed by atoms with Crippen LogP contribution in [0.4, 0.5) is 0 Å². The van der Waals surface area contributed by atoms with Crippen molar-refractivity contribution in [2.75, 3.05) is 14.1 Å². The second-order valence-corrected chi connectivity index (χ2v) is 2.29. The predicted molar refractivity (Wildman–Crippen MR) is 40.1 cm³/mol. The maximum Gasteiger partial charge on any atom is 0.221 e. The second-order valence-electron chi connectivity index (χ2n) is 2.29. The molecule has 4 heteroatoms. The number of nitrogens with one attached hydrogen (secondary N) is 2. The highest BCUT2D eigenvalue weighted by Gasteiger charge is 2.04. The molecule has 2 N–H and O–H groups in total. The van der Waals surface area contributed by atoms with Crippen LogP contribution in [0.1, 0.15) is 13.3 Å². The van der Waals surface area contributed by atoms with Crippen molar-refractivity contribution in [3.8, 4) is 0 Å². The standard InChI is InChI=1S/C6H15N3O/c1-4-6(9(2)3)8-7-5-10/h5-6,8H,4H2,1-3H3,(H,7,10). The van der Waals surface area contributed by atoms with Gasteiger partial charge in [0, 0.05) is 0 Å². The fourth-order valence-electron chi connectivity index (χ4n) is 0.727. The van der Waals surface area contributed by atoms with Crippen LogP contribution in [0.5, 0.6) is 0 Å². The Morgan fingerprint density at radius 2 is 2.20 bits per heavy atom. The Morgan fingerprint density at radius 1 is 1.60 bits per heavy atom. The van der Waals surface area contributed by atoms with E-state index in [4.69, 9.17) is 0 Å². The second kappa shape index (κ2) is 5.20. The van der Waals surface area contributed by atoms with Gasteiger partial charge >= 0.3 is 0 Å². The average Bonchev–Trinajstić information content (AvgIpc) is 1.89. The van der Waals surface area contributed by atoms with Crippen molar-refractivity contribution in [2.45, 2.75) is 19.5 Å². The van der Waals surface area contributed by atoms with Gasteiger partial charge in [-0.25, -0.2) is 5.43 Å². The SMILES string of the molecule is CCC(NNC=O)N(C)C. The van der Waals surface area contributed by atoms with Crippen molar-refractivity contribution in [1.82, 2.24) is 15.8 Å². The van der Waals surface area contributed by atoms with Gasteiger partial charge in [-0.1, -0.05) is 6.92 Å². The molecule has 0 aromatic heterocycles. The lowest BCUT2D eigenvalue weighted by molar-refractivity contribution is -0.110. The van der Waals surface area contributed by atoms with Gasteiger partial charge in [-0.2, -0.15) is 0 Å². The molecule has 0 aliphatic heterocycles. The molecule has 0 aromatic rings. The molecule has 0 radical (unpaired) electrons. The van der Waals surface area contributed by atoms with Crippen molar-refractivity contribution in [3.63, 3.8) is 0 Å². The van der Waals surface area contributed by atoms with Crippen LogP contribution in [0.2, 0.25) is 0 Å². The Morgan fingerprint density at radius 3 is 2.50 bits per heavy atom. The number of carbonyl (C=O) groups excluding carboxylic acids is 1. The monoisotopic (exact) mass is 145 g/mol. The molecule has 1 amide bonds. The predicted octanol–water partition coefficient (Wildman–Crippen LogP) is -0.465. The highest BCUT2D eigenvalue weighted by Crippen LogP contribution is 1.90. The Labute approximate surface area is 61.6 Å². The molecule has 4 nitrogen and oxygen atoms in total. The molecule has 1 unspecified atom stereocenters. The minimum atomic E-state index is 0.213. The molecule has 0 aliphatic rings. The number of carbonyl (C=O) groups is 1. The van der Waals surface area contributed by atoms with E-state index in [0.29, 0.717) is 6.41 Å². The zero-order valence-electron chi connectivity index (χ0n) is 6.72. The van der Waals surface area contributed by atoms with Crippen molar-refractivity contribution < 1.29 is 4.79 Å². The van der Waals surface area contributed by atoms with Crippen molar-refractivity contribution in [2.24, 2.45) is 0 Å². The summed E-state index contributed by atoms with van der Waals surface area (Å²) in [6.07, 6.45) is 1.80. The first-order valence-corrected chi connectivity index (χ1v) is 3.33. The molecule has 0 fully saturated rings. The van der Waals surface area contributed by atoms with Crippen molar-refractivity contribution in [3.05, 3.63) is 0 Å². The van der Waals surface area contributed by atoms with E-state index in [1.54, 1.807) is 0 Å². The van der Waals surface area contributed by atoms with Crippen LogP contribution < -0.4 is 10.9 Å². The molecule has 60 valence electrons. The Bertz CT molecular complexity index is 95.0. The van der Waals surface area contributed by atoms with Gasteiger partial charge in [0.2, 0.25) is 6.41 Å². The molecule has 0 saturated heterocycles. The lowest BCUT2D eigenvalue weighted by Crippen LogP contribution is -2.47. The maximum atomic E-state index is 9.86. The first kappa shape index (κ1) is 9.39. The molecule has 0 aromatic carbocycles. The molecule has 0 spiro atoms. The molecular formula is C6H15N3O. The van der Waals surface area contributed by atoms with Crippen LogP contribution >= 0.6 is 0 Å². The molecule has 10 heavy (non-hydrogen) atoms. The van der Waals surface area contributed by atoms with E-state index in [1.165, 1.54) is 0 Å². The molecular weight excluding hydrogens is 130 g/mol. The highest BCUT2D eigenvalue weighted by molar-refractivity contribution is 5.44. The minimum absolute atomic E-state index is 0.213. The number of hydrazine groups is 1. The van der Waals surface area contributed by atoms with Crippen molar-refractivity contribution in [1.29, 1.82) is 0 Å². The van der Waals surface area contributed by atoms with E-state index in [2.05, 4.69) is 10.9 Å². The molecule has 0 aliphatic carbocycles. The van der Waals surface area contributed by atoms with Gasteiger partial charge in [-0.05, 0) is 20.5 Å². The van der Waals surface area contributed by atoms with E-state index in [-0.39, 0.29) is 6.17 Å². The van der Waals surface area contributed by atoms with Gasteiger partial charge in [-0.15, -0.1) is 0 Å². The molecule has 1 atom stereocenters. The van der Waals surface area contributed by atoms with Crippen LogP contribution in [0.3, 0.4) is 0 Å². The fraction of sp³-hybridized carbons (Fsp3) is 0.833. The van der Waals surface area contributed by atoms with E-state index in [0.717, 1.165) is 6.42 Å². The number of hydrogen-bond donors (Lipinski definition) is 2. The Balaban J connectivity index is 3.49. The van der Waals surface area contributed by atoms with E-state index in [9.17, 15) is 4.79 Å². The lowest BCUT2D eigenvalue weighted by atomic mass is 10.4. The van der Waals surface area contributed by atoms with Gasteiger partial charge in [0.15, 0.2) is 0 Å². The normalized spacial score (nSPS) is 13.2. The average molecular weight is 145 g/mol. The number of hydrogen-bond acceptors (Lipinski definition) is 3. The molecule has 0 rings (SSSR count). The number of nitrogens with zero attached hydrogens (tertiary/aromatic N) is 1. The van der Waals surface area contributed by atoms with E-state index < -0.39 is 0 Å². The largest absolute Gasteiger partial charge is 0.293 e. The Kier molecular flexibility index (Phi) is 4.88. The summed E-state index contributed by atoms with van der Waals surface area (Å²) in [7, 11) is 3.90. The van der Waals surface area contributed by atoms with E-state index >= 15 is 0 Å². The number of amides is 1. The van der Waals surface area contributed by atoms with Gasteiger partial charge < -0.3 is 0 Å². The lowest BCUT2D eigenvalue weighted by Gasteiger charge is -2.22. The third-order valence-electron chi connectivity index (χ3n) is 1.32. The first-order chi connectivity index (χ1) is 4.72. The van der Waals surface area contributed by atoms with Crippen LogP contribution in [0, 0.1) is 0 Å². The molecule has 0 bridgehead atoms. The smallest absolute Gasteiger partial charge is 0.221 e. The third-order valence-corrected chi connectivity index (χ3v) is 1.32. The third kappa shape index (κ3) is 3.42. The summed E-state index contributed by atoms with van der Waals surface area (Å²) in [6, 6.07) is 0. The van der Waals surface area contributed by atoms with Crippen LogP contribution in [-0.2, 0) is 4.79 Å². The molecule has 0 saturated carbocycles. The van der Waals surface area contributed by atoms with Gasteiger partial charge in [0.1, 0.15) is 0 Å². The molecule has 0 heterocycles. The highest BCUT2D eigenvalue weighted by atomic mass is 16.1. The maximum absolute atomic E-state index is 9.86. The van der Waals surface area contributed by atoms with Crippen LogP contribution in [0.25, 0.3) is 0 Å². The van der Waals surface area contributed by atoms with Crippen molar-refractivity contribution >= 4 is 6.41 Å². The first-order valence-electron chi connectivity index (χ1n) is 3.33. The van der Waals surface area contributed by atoms with Gasteiger partial charge in [0.05, 0.1) is 6.17 Å². The van der Waals surface area contributed by atoms with Gasteiger partial charge in [-0.3, -0.25) is 15.1 Å². The summed E-state index contributed by atoms with van der Waals surface area (Å²) in [6.45, 7) is 2.05. The summed E-state index contributed by atoms with van der Waals surface area (Å²) < 4.78 is 0. The van der Waals surface area contributed by atoms with Gasteiger partial charge in [0.25, 0.3) is 0 Å². The fourth-order valence-corrected chi connectivity index (χ4v) is 0.727. The zero-order valence-corrected chi connectivity index (χ0v) is 6.72. The summed E-state index contributed by atoms with van der Waals surface area (Å²) >= 11 is 0. The van der Waals surface area contributed by atoms with Crippen LogP contribution in [0.15, 0.2) is 0 Å². The van der Waals surface area contributed by atoms with E-state index in [1.807, 2.05) is 25.9 Å². The zero-order chi connectivity index (χ0) is 7.98. The summed E-state index contributed by atoms with van der Waals surface area (Å²) in [5.41, 5.74) is 5.23. The summed E-state index contributed by atoms with van der Waals surface area (Å²) in [4.78, 5) is 11.9. The summed E-state index contributed by atoms with van der Waals surface area (Å²) in [5, 5.41) is 0. The quantitative estimate of drug-likeness (QED) is 0.312. The summed E-state index contributed by atoms with van der Waals surface area (Å²) in [5.74, 6) is 0. The topological polar surface area (TPSA) is 44.4 Å². The number of rotatable bonds is 5. The van der Waals surface area contributed by atoms with Crippen LogP contribution in [-0.4, -0.2) is 31.6 Å². The Hall–Kier alpha value is -0.610.